The molecule has 0 saturated carbocycles. The van der Waals surface area contributed by atoms with Gasteiger partial charge in [-0.15, -0.1) is 0 Å². The van der Waals surface area contributed by atoms with Crippen LogP contribution in [0, 0.1) is 0 Å². The normalized spacial score (nSPS) is 16.6. The molecule has 0 spiro atoms. The molecule has 0 N–H and O–H groups in total. The van der Waals surface area contributed by atoms with E-state index in [9.17, 15) is 9.59 Å². The third-order valence-electron chi connectivity index (χ3n) is 4.86. The van der Waals surface area contributed by atoms with Gasteiger partial charge in [-0.1, -0.05) is 24.3 Å². The second kappa shape index (κ2) is 9.18. The van der Waals surface area contributed by atoms with E-state index in [4.69, 9.17) is 9.47 Å². The number of carbonyl (C=O) groups excluding carboxylic acids is 2. The van der Waals surface area contributed by atoms with Crippen molar-refractivity contribution in [3.63, 3.8) is 0 Å². The number of hydrogen-bond acceptors (Lipinski definition) is 5. The fourth-order valence-corrected chi connectivity index (χ4v) is 3.68. The number of nitrogens with zero attached hydrogens (tertiary/aromatic N) is 3. The highest BCUT2D eigenvalue weighted by molar-refractivity contribution is 5.96. The van der Waals surface area contributed by atoms with Crippen molar-refractivity contribution in [1.82, 2.24) is 9.88 Å². The lowest BCUT2D eigenvalue weighted by atomic mass is 10.0. The lowest BCUT2D eigenvalue weighted by Crippen LogP contribution is -2.38. The Morgan fingerprint density at radius 3 is 2.25 bits per heavy atom. The van der Waals surface area contributed by atoms with Gasteiger partial charge in [-0.3, -0.25) is 0 Å². The number of aromatic nitrogens is 1. The molecule has 32 heavy (non-hydrogen) atoms. The standard InChI is InChI=1S/C25H33N3O4/c1-24(2,3)31-22(29)27-17-11-15-20(27)19-14-10-16-26-21(19)28(18-12-8-7-9-13-18)23(30)32-25(4,5)6/h7-10,12-14,16,20H,11,15,17H2,1-6H3/t20-/m1/s1. The Labute approximate surface area is 190 Å². The average Bonchev–Trinajstić information content (AvgIpc) is 3.17. The zero-order valence-corrected chi connectivity index (χ0v) is 19.8. The van der Waals surface area contributed by atoms with Gasteiger partial charge in [0.25, 0.3) is 0 Å². The monoisotopic (exact) mass is 439 g/mol. The number of amides is 2. The third-order valence-corrected chi connectivity index (χ3v) is 4.86. The molecule has 2 amide bonds. The molecule has 1 aromatic heterocycles. The maximum atomic E-state index is 13.3. The quantitative estimate of drug-likeness (QED) is 0.567. The number of para-hydroxylation sites is 1. The first-order valence-corrected chi connectivity index (χ1v) is 11.0. The molecule has 0 radical (unpaired) electrons. The molecule has 0 unspecified atom stereocenters. The minimum Gasteiger partial charge on any atom is -0.444 e. The van der Waals surface area contributed by atoms with E-state index in [1.807, 2.05) is 84.0 Å². The highest BCUT2D eigenvalue weighted by atomic mass is 16.6. The van der Waals surface area contributed by atoms with Gasteiger partial charge in [0, 0.05) is 18.3 Å². The summed E-state index contributed by atoms with van der Waals surface area (Å²) in [5.74, 6) is 0.452. The molecule has 1 aliphatic heterocycles. The molecule has 3 rings (SSSR count). The predicted octanol–water partition coefficient (Wildman–Crippen LogP) is 6.23. The first kappa shape index (κ1) is 23.6. The van der Waals surface area contributed by atoms with Crippen molar-refractivity contribution in [3.8, 4) is 0 Å². The molecule has 1 saturated heterocycles. The predicted molar refractivity (Wildman–Crippen MR) is 124 cm³/mol. The molecule has 0 bridgehead atoms. The van der Waals surface area contributed by atoms with Crippen molar-refractivity contribution in [2.45, 2.75) is 71.6 Å². The Bertz CT molecular complexity index is 948. The van der Waals surface area contributed by atoms with Crippen LogP contribution in [0.4, 0.5) is 21.1 Å². The highest BCUT2D eigenvalue weighted by Gasteiger charge is 2.37. The number of hydrogen-bond donors (Lipinski definition) is 0. The first-order chi connectivity index (χ1) is 15.0. The Balaban J connectivity index is 2.03. The molecule has 1 aromatic carbocycles. The van der Waals surface area contributed by atoms with E-state index >= 15 is 0 Å². The number of ether oxygens (including phenoxy) is 2. The minimum absolute atomic E-state index is 0.248. The van der Waals surface area contributed by atoms with Crippen LogP contribution in [0.5, 0.6) is 0 Å². The van der Waals surface area contributed by atoms with Gasteiger partial charge in [-0.05, 0) is 72.6 Å². The number of anilines is 2. The summed E-state index contributed by atoms with van der Waals surface area (Å²) >= 11 is 0. The summed E-state index contributed by atoms with van der Waals surface area (Å²) in [6.07, 6.45) is 2.36. The minimum atomic E-state index is -0.672. The van der Waals surface area contributed by atoms with Crippen LogP contribution in [0.15, 0.2) is 48.7 Å². The molecule has 2 heterocycles. The Morgan fingerprint density at radius 1 is 0.969 bits per heavy atom. The Hall–Kier alpha value is -3.09. The van der Waals surface area contributed by atoms with Crippen molar-refractivity contribution < 1.29 is 19.1 Å². The summed E-state index contributed by atoms with van der Waals surface area (Å²) in [5.41, 5.74) is 0.165. The summed E-state index contributed by atoms with van der Waals surface area (Å²) in [6, 6.07) is 12.8. The van der Waals surface area contributed by atoms with E-state index in [1.54, 1.807) is 11.1 Å². The molecule has 7 heteroatoms. The molecular weight excluding hydrogens is 406 g/mol. The van der Waals surface area contributed by atoms with Crippen LogP contribution in [0.1, 0.15) is 66.0 Å². The van der Waals surface area contributed by atoms with Crippen LogP contribution in [-0.2, 0) is 9.47 Å². The lowest BCUT2D eigenvalue weighted by molar-refractivity contribution is 0.0225. The zero-order chi connectivity index (χ0) is 23.5. The van der Waals surface area contributed by atoms with Gasteiger partial charge in [0.2, 0.25) is 0 Å². The van der Waals surface area contributed by atoms with E-state index in [2.05, 4.69) is 4.98 Å². The molecule has 2 aromatic rings. The van der Waals surface area contributed by atoms with Crippen LogP contribution >= 0.6 is 0 Å². The zero-order valence-electron chi connectivity index (χ0n) is 19.8. The third kappa shape index (κ3) is 5.78. The molecule has 1 atom stereocenters. The summed E-state index contributed by atoms with van der Waals surface area (Å²) in [6.45, 7) is 11.6. The molecule has 7 nitrogen and oxygen atoms in total. The van der Waals surface area contributed by atoms with E-state index in [-0.39, 0.29) is 12.1 Å². The van der Waals surface area contributed by atoms with Crippen LogP contribution in [0.25, 0.3) is 0 Å². The highest BCUT2D eigenvalue weighted by Crippen LogP contribution is 2.39. The van der Waals surface area contributed by atoms with E-state index in [1.165, 1.54) is 4.90 Å². The summed E-state index contributed by atoms with van der Waals surface area (Å²) in [4.78, 5) is 34.0. The second-order valence-corrected chi connectivity index (χ2v) is 9.90. The number of pyridine rings is 1. The maximum absolute atomic E-state index is 13.3. The summed E-state index contributed by atoms with van der Waals surface area (Å²) < 4.78 is 11.3. The van der Waals surface area contributed by atoms with Crippen molar-refractivity contribution in [2.75, 3.05) is 11.4 Å². The average molecular weight is 440 g/mol. The van der Waals surface area contributed by atoms with Crippen LogP contribution in [0.3, 0.4) is 0 Å². The summed E-state index contributed by atoms with van der Waals surface area (Å²) in [5, 5.41) is 0. The van der Waals surface area contributed by atoms with E-state index < -0.39 is 17.3 Å². The number of carbonyl (C=O) groups is 2. The Morgan fingerprint density at radius 2 is 1.62 bits per heavy atom. The first-order valence-electron chi connectivity index (χ1n) is 11.0. The lowest BCUT2D eigenvalue weighted by Gasteiger charge is -2.32. The van der Waals surface area contributed by atoms with Crippen LogP contribution < -0.4 is 4.90 Å². The molecule has 1 aliphatic rings. The van der Waals surface area contributed by atoms with E-state index in [0.717, 1.165) is 18.4 Å². The smallest absolute Gasteiger partial charge is 0.420 e. The van der Waals surface area contributed by atoms with Gasteiger partial charge < -0.3 is 14.4 Å². The molecular formula is C25H33N3O4. The fourth-order valence-electron chi connectivity index (χ4n) is 3.68. The van der Waals surface area contributed by atoms with Crippen molar-refractivity contribution in [1.29, 1.82) is 0 Å². The van der Waals surface area contributed by atoms with Crippen LogP contribution in [0.2, 0.25) is 0 Å². The molecule has 172 valence electrons. The fraction of sp³-hybridized carbons (Fsp3) is 0.480. The van der Waals surface area contributed by atoms with Crippen molar-refractivity contribution in [3.05, 3.63) is 54.2 Å². The SMILES string of the molecule is CC(C)(C)OC(=O)N(c1ccccc1)c1ncccc1[C@H]1CCCN1C(=O)OC(C)(C)C. The molecule has 0 aliphatic carbocycles. The van der Waals surface area contributed by atoms with Gasteiger partial charge in [-0.25, -0.2) is 19.5 Å². The number of benzene rings is 1. The number of likely N-dealkylation sites (tertiary alicyclic amines) is 1. The van der Waals surface area contributed by atoms with Gasteiger partial charge in [0.15, 0.2) is 0 Å². The molecule has 1 fully saturated rings. The summed E-state index contributed by atoms with van der Waals surface area (Å²) in [7, 11) is 0. The second-order valence-electron chi connectivity index (χ2n) is 9.90. The largest absolute Gasteiger partial charge is 0.444 e. The van der Waals surface area contributed by atoms with Crippen molar-refractivity contribution >= 4 is 23.7 Å². The van der Waals surface area contributed by atoms with Crippen molar-refractivity contribution in [2.24, 2.45) is 0 Å². The topological polar surface area (TPSA) is 72.0 Å². The van der Waals surface area contributed by atoms with Gasteiger partial charge in [0.1, 0.15) is 17.0 Å². The van der Waals surface area contributed by atoms with E-state index in [0.29, 0.717) is 18.1 Å². The number of rotatable bonds is 3. The van der Waals surface area contributed by atoms with Gasteiger partial charge >= 0.3 is 12.2 Å². The van der Waals surface area contributed by atoms with Gasteiger partial charge in [0.05, 0.1) is 11.7 Å². The Kier molecular flexibility index (Phi) is 6.77. The van der Waals surface area contributed by atoms with Crippen LogP contribution in [-0.4, -0.2) is 39.8 Å². The maximum Gasteiger partial charge on any atom is 0.420 e. The van der Waals surface area contributed by atoms with Gasteiger partial charge in [-0.2, -0.15) is 0 Å².